The lowest BCUT2D eigenvalue weighted by Crippen LogP contribution is -2.47. The third-order valence-corrected chi connectivity index (χ3v) is 6.51. The molecule has 1 atom stereocenters. The Kier molecular flexibility index (Phi) is 6.43. The van der Waals surface area contributed by atoms with E-state index in [1.54, 1.807) is 38.1 Å². The van der Waals surface area contributed by atoms with Crippen LogP contribution in [0.3, 0.4) is 0 Å². The van der Waals surface area contributed by atoms with E-state index in [1.165, 1.54) is 12.1 Å². The fraction of sp³-hybridized carbons (Fsp3) is 0.409. The molecule has 2 N–H and O–H groups in total. The van der Waals surface area contributed by atoms with Crippen LogP contribution in [0, 0.1) is 5.92 Å². The number of benzene rings is 2. The molecule has 0 aliphatic carbocycles. The van der Waals surface area contributed by atoms with Gasteiger partial charge in [-0.2, -0.15) is 4.72 Å². The third-order valence-electron chi connectivity index (χ3n) is 5.07. The summed E-state index contributed by atoms with van der Waals surface area (Å²) in [6.07, 6.45) is 0.713. The van der Waals surface area contributed by atoms with Gasteiger partial charge in [-0.25, -0.2) is 8.42 Å². The van der Waals surface area contributed by atoms with E-state index in [-0.39, 0.29) is 10.8 Å². The molecule has 0 radical (unpaired) electrons. The number of sulfonamides is 1. The topological polar surface area (TPSA) is 112 Å². The Morgan fingerprint density at radius 3 is 2.16 bits per heavy atom. The number of fused-ring (bicyclic) bond motifs is 2. The normalized spacial score (nSPS) is 16.2. The molecule has 1 amide bonds. The van der Waals surface area contributed by atoms with Gasteiger partial charge >= 0.3 is 0 Å². The fourth-order valence-corrected chi connectivity index (χ4v) is 4.74. The second-order valence-corrected chi connectivity index (χ2v) is 9.56. The molecule has 0 fully saturated rings. The summed E-state index contributed by atoms with van der Waals surface area (Å²) in [6.45, 7) is 5.38. The number of ether oxygens (including phenoxy) is 4. The van der Waals surface area contributed by atoms with Gasteiger partial charge in [-0.1, -0.05) is 13.8 Å². The van der Waals surface area contributed by atoms with Crippen LogP contribution in [0.4, 0.5) is 5.69 Å². The minimum absolute atomic E-state index is 0.000436. The second kappa shape index (κ2) is 9.25. The van der Waals surface area contributed by atoms with E-state index in [0.29, 0.717) is 61.5 Å². The summed E-state index contributed by atoms with van der Waals surface area (Å²) >= 11 is 0. The maximum atomic E-state index is 13.0. The molecule has 0 saturated carbocycles. The second-order valence-electron chi connectivity index (χ2n) is 7.85. The average molecular weight is 463 g/mol. The number of nitrogens with one attached hydrogen (secondary N) is 2. The highest BCUT2D eigenvalue weighted by atomic mass is 32.2. The van der Waals surface area contributed by atoms with Gasteiger partial charge in [0, 0.05) is 24.2 Å². The molecule has 0 saturated heterocycles. The first-order valence-corrected chi connectivity index (χ1v) is 11.9. The smallest absolute Gasteiger partial charge is 0.242 e. The molecule has 2 heterocycles. The van der Waals surface area contributed by atoms with Gasteiger partial charge in [0.2, 0.25) is 15.9 Å². The van der Waals surface area contributed by atoms with Crippen molar-refractivity contribution in [1.82, 2.24) is 4.72 Å². The molecule has 9 nitrogen and oxygen atoms in total. The zero-order chi connectivity index (χ0) is 22.7. The monoisotopic (exact) mass is 462 g/mol. The largest absolute Gasteiger partial charge is 0.490 e. The fourth-order valence-electron chi connectivity index (χ4n) is 3.38. The molecule has 10 heteroatoms. The molecular formula is C22H26N2O7S. The first-order valence-electron chi connectivity index (χ1n) is 10.5. The maximum Gasteiger partial charge on any atom is 0.242 e. The SMILES string of the molecule is CC(C)[C@H](NS(=O)(=O)c1ccc2c(c1)OCCCO2)C(=O)Nc1ccc2c(c1)OCCO2. The number of rotatable bonds is 6. The number of anilines is 1. The molecule has 0 bridgehead atoms. The Balaban J connectivity index is 1.51. The van der Waals surface area contributed by atoms with E-state index in [1.807, 2.05) is 0 Å². The summed E-state index contributed by atoms with van der Waals surface area (Å²) in [5.74, 6) is 1.22. The lowest BCUT2D eigenvalue weighted by atomic mass is 10.0. The van der Waals surface area contributed by atoms with E-state index < -0.39 is 22.0 Å². The van der Waals surface area contributed by atoms with Gasteiger partial charge < -0.3 is 24.3 Å². The highest BCUT2D eigenvalue weighted by molar-refractivity contribution is 7.89. The lowest BCUT2D eigenvalue weighted by molar-refractivity contribution is -0.118. The van der Waals surface area contributed by atoms with Crippen molar-refractivity contribution >= 4 is 21.6 Å². The van der Waals surface area contributed by atoms with Crippen LogP contribution in [0.5, 0.6) is 23.0 Å². The Morgan fingerprint density at radius 1 is 0.844 bits per heavy atom. The van der Waals surface area contributed by atoms with Crippen molar-refractivity contribution < 1.29 is 32.2 Å². The number of hydrogen-bond donors (Lipinski definition) is 2. The van der Waals surface area contributed by atoms with Crippen LogP contribution in [0.2, 0.25) is 0 Å². The van der Waals surface area contributed by atoms with E-state index in [2.05, 4.69) is 10.0 Å². The molecule has 0 aromatic heterocycles. The van der Waals surface area contributed by atoms with Gasteiger partial charge in [0.15, 0.2) is 23.0 Å². The maximum absolute atomic E-state index is 13.0. The van der Waals surface area contributed by atoms with Crippen molar-refractivity contribution in [3.63, 3.8) is 0 Å². The first kappa shape index (κ1) is 22.2. The summed E-state index contributed by atoms with van der Waals surface area (Å²) in [4.78, 5) is 13.0. The van der Waals surface area contributed by atoms with Gasteiger partial charge in [0.05, 0.1) is 18.1 Å². The molecule has 2 aliphatic rings. The standard InChI is InChI=1S/C22H26N2O7S/c1-14(2)21(22(25)23-15-4-6-17-19(12-15)31-11-10-30-17)24-32(26,27)16-5-7-18-20(13-16)29-9-3-8-28-18/h4-7,12-14,21,24H,3,8-11H2,1-2H3,(H,23,25)/t21-/m0/s1. The van der Waals surface area contributed by atoms with E-state index in [4.69, 9.17) is 18.9 Å². The molecule has 2 aromatic carbocycles. The zero-order valence-electron chi connectivity index (χ0n) is 17.9. The van der Waals surface area contributed by atoms with Crippen molar-refractivity contribution in [2.75, 3.05) is 31.7 Å². The quantitative estimate of drug-likeness (QED) is 0.678. The van der Waals surface area contributed by atoms with Crippen molar-refractivity contribution in [2.45, 2.75) is 31.2 Å². The van der Waals surface area contributed by atoms with Crippen LogP contribution in [0.25, 0.3) is 0 Å². The minimum Gasteiger partial charge on any atom is -0.490 e. The molecule has 4 rings (SSSR count). The predicted molar refractivity (Wildman–Crippen MR) is 117 cm³/mol. The molecular weight excluding hydrogens is 436 g/mol. The Morgan fingerprint density at radius 2 is 1.44 bits per heavy atom. The third kappa shape index (κ3) is 4.91. The lowest BCUT2D eigenvalue weighted by Gasteiger charge is -2.23. The van der Waals surface area contributed by atoms with Crippen LogP contribution in [0.15, 0.2) is 41.3 Å². The van der Waals surface area contributed by atoms with Crippen molar-refractivity contribution in [1.29, 1.82) is 0 Å². The molecule has 2 aromatic rings. The summed E-state index contributed by atoms with van der Waals surface area (Å²) < 4.78 is 50.8. The van der Waals surface area contributed by atoms with Crippen LogP contribution in [0.1, 0.15) is 20.3 Å². The Hall–Kier alpha value is -2.98. The highest BCUT2D eigenvalue weighted by Gasteiger charge is 2.29. The molecule has 0 spiro atoms. The van der Waals surface area contributed by atoms with Crippen molar-refractivity contribution in [3.8, 4) is 23.0 Å². The number of amides is 1. The summed E-state index contributed by atoms with van der Waals surface area (Å²) in [7, 11) is -3.99. The molecule has 172 valence electrons. The molecule has 0 unspecified atom stereocenters. The van der Waals surface area contributed by atoms with Gasteiger partial charge in [-0.05, 0) is 30.2 Å². The van der Waals surface area contributed by atoms with Gasteiger partial charge in [-0.3, -0.25) is 4.79 Å². The van der Waals surface area contributed by atoms with Gasteiger partial charge in [0.1, 0.15) is 19.3 Å². The van der Waals surface area contributed by atoms with E-state index >= 15 is 0 Å². The van der Waals surface area contributed by atoms with E-state index in [9.17, 15) is 13.2 Å². The van der Waals surface area contributed by atoms with Gasteiger partial charge in [0.25, 0.3) is 0 Å². The summed E-state index contributed by atoms with van der Waals surface area (Å²) in [5, 5.41) is 2.76. The molecule has 2 aliphatic heterocycles. The summed E-state index contributed by atoms with van der Waals surface area (Å²) in [6, 6.07) is 8.46. The average Bonchev–Trinajstić information content (AvgIpc) is 3.02. The van der Waals surface area contributed by atoms with Crippen LogP contribution in [-0.2, 0) is 14.8 Å². The zero-order valence-corrected chi connectivity index (χ0v) is 18.7. The molecule has 32 heavy (non-hydrogen) atoms. The Bertz CT molecular complexity index is 1100. The van der Waals surface area contributed by atoms with E-state index in [0.717, 1.165) is 0 Å². The Labute approximate surface area is 187 Å². The predicted octanol–water partition coefficient (Wildman–Crippen LogP) is 2.56. The van der Waals surface area contributed by atoms with Crippen molar-refractivity contribution in [3.05, 3.63) is 36.4 Å². The minimum atomic E-state index is -3.99. The summed E-state index contributed by atoms with van der Waals surface area (Å²) in [5.41, 5.74) is 0.486. The van der Waals surface area contributed by atoms with Crippen molar-refractivity contribution in [2.24, 2.45) is 5.92 Å². The first-order chi connectivity index (χ1) is 15.3. The van der Waals surface area contributed by atoms with Gasteiger partial charge in [-0.15, -0.1) is 0 Å². The van der Waals surface area contributed by atoms with Crippen LogP contribution >= 0.6 is 0 Å². The number of carbonyl (C=O) groups excluding carboxylic acids is 1. The van der Waals surface area contributed by atoms with Crippen LogP contribution < -0.4 is 29.0 Å². The van der Waals surface area contributed by atoms with Crippen LogP contribution in [-0.4, -0.2) is 46.8 Å². The number of hydrogen-bond acceptors (Lipinski definition) is 7. The number of carbonyl (C=O) groups is 1. The highest BCUT2D eigenvalue weighted by Crippen LogP contribution is 2.33.